The van der Waals surface area contributed by atoms with Crippen LogP contribution in [-0.2, 0) is 11.2 Å². The molecular weight excluding hydrogens is 236 g/mol. The smallest absolute Gasteiger partial charge is 0.224 e. The highest BCUT2D eigenvalue weighted by Gasteiger charge is 2.16. The molecular formula is C16H24N2O. The molecule has 0 aliphatic carbocycles. The minimum absolute atomic E-state index is 0.149. The van der Waals surface area contributed by atoms with Crippen LogP contribution in [0.5, 0.6) is 0 Å². The molecule has 2 N–H and O–H groups in total. The number of aryl methyl sites for hydroxylation is 1. The van der Waals surface area contributed by atoms with Crippen LogP contribution >= 0.6 is 0 Å². The number of amides is 1. The number of hydrogen-bond donors (Lipinski definition) is 2. The van der Waals surface area contributed by atoms with Gasteiger partial charge in [0.25, 0.3) is 0 Å². The Balaban J connectivity index is 1.83. The van der Waals surface area contributed by atoms with Gasteiger partial charge in [-0.25, -0.2) is 0 Å². The van der Waals surface area contributed by atoms with Crippen molar-refractivity contribution in [3.63, 3.8) is 0 Å². The maximum atomic E-state index is 12.0. The Morgan fingerprint density at radius 2 is 2.26 bits per heavy atom. The summed E-state index contributed by atoms with van der Waals surface area (Å²) in [5.74, 6) is 0.826. The van der Waals surface area contributed by atoms with Gasteiger partial charge >= 0.3 is 0 Å². The highest BCUT2D eigenvalue weighted by Crippen LogP contribution is 2.19. The standard InChI is InChI=1S/C16H24N2O/c1-2-5-14-6-3-4-7-15(14)18-16(19)9-8-13-10-11-17-12-13/h3-4,6-7,13,17H,2,5,8-12H2,1H3,(H,18,19). The summed E-state index contributed by atoms with van der Waals surface area (Å²) in [6, 6.07) is 8.11. The maximum Gasteiger partial charge on any atom is 0.224 e. The molecule has 1 aromatic carbocycles. The zero-order valence-electron chi connectivity index (χ0n) is 11.7. The van der Waals surface area contributed by atoms with Crippen LogP contribution in [0.1, 0.15) is 38.2 Å². The Kier molecular flexibility index (Phi) is 5.40. The van der Waals surface area contributed by atoms with Crippen molar-refractivity contribution in [3.05, 3.63) is 29.8 Å². The summed E-state index contributed by atoms with van der Waals surface area (Å²) in [4.78, 5) is 12.0. The quantitative estimate of drug-likeness (QED) is 0.825. The van der Waals surface area contributed by atoms with E-state index in [-0.39, 0.29) is 5.91 Å². The lowest BCUT2D eigenvalue weighted by Gasteiger charge is -2.11. The highest BCUT2D eigenvalue weighted by molar-refractivity contribution is 5.91. The molecule has 0 bridgehead atoms. The normalized spacial score (nSPS) is 18.5. The predicted molar refractivity (Wildman–Crippen MR) is 79.3 cm³/mol. The first-order chi connectivity index (χ1) is 9.29. The average Bonchev–Trinajstić information content (AvgIpc) is 2.92. The number of anilines is 1. The van der Waals surface area contributed by atoms with Gasteiger partial charge in [-0.05, 0) is 49.9 Å². The average molecular weight is 260 g/mol. The van der Waals surface area contributed by atoms with Crippen LogP contribution in [0.25, 0.3) is 0 Å². The van der Waals surface area contributed by atoms with Crippen LogP contribution in [-0.4, -0.2) is 19.0 Å². The minimum Gasteiger partial charge on any atom is -0.326 e. The van der Waals surface area contributed by atoms with E-state index in [2.05, 4.69) is 23.6 Å². The Morgan fingerprint density at radius 1 is 1.42 bits per heavy atom. The second-order valence-electron chi connectivity index (χ2n) is 5.35. The highest BCUT2D eigenvalue weighted by atomic mass is 16.1. The lowest BCUT2D eigenvalue weighted by molar-refractivity contribution is -0.116. The van der Waals surface area contributed by atoms with E-state index in [1.54, 1.807) is 0 Å². The number of nitrogens with one attached hydrogen (secondary N) is 2. The molecule has 0 saturated carbocycles. The topological polar surface area (TPSA) is 41.1 Å². The number of rotatable bonds is 6. The first kappa shape index (κ1) is 14.1. The fourth-order valence-electron chi connectivity index (χ4n) is 2.64. The van der Waals surface area contributed by atoms with E-state index >= 15 is 0 Å². The molecule has 1 heterocycles. The molecule has 0 aromatic heterocycles. The van der Waals surface area contributed by atoms with Gasteiger partial charge in [-0.15, -0.1) is 0 Å². The third kappa shape index (κ3) is 4.35. The van der Waals surface area contributed by atoms with E-state index in [0.29, 0.717) is 12.3 Å². The van der Waals surface area contributed by atoms with Gasteiger partial charge in [0.2, 0.25) is 5.91 Å². The summed E-state index contributed by atoms with van der Waals surface area (Å²) in [6.07, 6.45) is 4.95. The van der Waals surface area contributed by atoms with E-state index < -0.39 is 0 Å². The van der Waals surface area contributed by atoms with Crippen molar-refractivity contribution >= 4 is 11.6 Å². The number of carbonyl (C=O) groups is 1. The van der Waals surface area contributed by atoms with Gasteiger partial charge in [0, 0.05) is 12.1 Å². The summed E-state index contributed by atoms with van der Waals surface area (Å²) in [7, 11) is 0. The number of para-hydroxylation sites is 1. The fraction of sp³-hybridized carbons (Fsp3) is 0.562. The molecule has 3 nitrogen and oxygen atoms in total. The molecule has 1 amide bonds. The summed E-state index contributed by atoms with van der Waals surface area (Å²) < 4.78 is 0. The molecule has 0 spiro atoms. The molecule has 1 aromatic rings. The van der Waals surface area contributed by atoms with Crippen molar-refractivity contribution in [1.82, 2.24) is 5.32 Å². The van der Waals surface area contributed by atoms with Crippen LogP contribution in [0.4, 0.5) is 5.69 Å². The van der Waals surface area contributed by atoms with E-state index in [0.717, 1.165) is 38.0 Å². The summed E-state index contributed by atoms with van der Waals surface area (Å²) in [6.45, 7) is 4.33. The Morgan fingerprint density at radius 3 is 3.00 bits per heavy atom. The zero-order chi connectivity index (χ0) is 13.5. The van der Waals surface area contributed by atoms with E-state index in [4.69, 9.17) is 0 Å². The van der Waals surface area contributed by atoms with Gasteiger partial charge < -0.3 is 10.6 Å². The first-order valence-corrected chi connectivity index (χ1v) is 7.38. The molecule has 1 aliphatic heterocycles. The summed E-state index contributed by atoms with van der Waals surface area (Å²) in [5.41, 5.74) is 2.22. The van der Waals surface area contributed by atoms with Crippen LogP contribution in [0.15, 0.2) is 24.3 Å². The largest absolute Gasteiger partial charge is 0.326 e. The first-order valence-electron chi connectivity index (χ1n) is 7.38. The molecule has 19 heavy (non-hydrogen) atoms. The molecule has 1 saturated heterocycles. The van der Waals surface area contributed by atoms with Gasteiger partial charge in [-0.2, -0.15) is 0 Å². The van der Waals surface area contributed by atoms with Gasteiger partial charge in [0.1, 0.15) is 0 Å². The van der Waals surface area contributed by atoms with Crippen molar-refractivity contribution in [2.24, 2.45) is 5.92 Å². The van der Waals surface area contributed by atoms with Crippen LogP contribution in [0.2, 0.25) is 0 Å². The van der Waals surface area contributed by atoms with Gasteiger partial charge in [0.05, 0.1) is 0 Å². The molecule has 3 heteroatoms. The van der Waals surface area contributed by atoms with Crippen molar-refractivity contribution in [2.45, 2.75) is 39.0 Å². The number of hydrogen-bond acceptors (Lipinski definition) is 2. The maximum absolute atomic E-state index is 12.0. The van der Waals surface area contributed by atoms with Gasteiger partial charge in [0.15, 0.2) is 0 Å². The van der Waals surface area contributed by atoms with Crippen LogP contribution < -0.4 is 10.6 Å². The van der Waals surface area contributed by atoms with E-state index in [9.17, 15) is 4.79 Å². The van der Waals surface area contributed by atoms with Gasteiger partial charge in [-0.1, -0.05) is 31.5 Å². The lowest BCUT2D eigenvalue weighted by Crippen LogP contribution is -2.15. The second-order valence-corrected chi connectivity index (χ2v) is 5.35. The Labute approximate surface area is 115 Å². The fourth-order valence-corrected chi connectivity index (χ4v) is 2.64. The van der Waals surface area contributed by atoms with Crippen molar-refractivity contribution in [2.75, 3.05) is 18.4 Å². The SMILES string of the molecule is CCCc1ccccc1NC(=O)CCC1CCNC1. The Hall–Kier alpha value is -1.35. The zero-order valence-corrected chi connectivity index (χ0v) is 11.7. The summed E-state index contributed by atoms with van der Waals surface area (Å²) >= 11 is 0. The van der Waals surface area contributed by atoms with E-state index in [1.165, 1.54) is 12.0 Å². The lowest BCUT2D eigenvalue weighted by atomic mass is 10.0. The minimum atomic E-state index is 0.149. The number of carbonyl (C=O) groups excluding carboxylic acids is 1. The molecule has 0 radical (unpaired) electrons. The third-order valence-corrected chi connectivity index (χ3v) is 3.75. The van der Waals surface area contributed by atoms with Crippen molar-refractivity contribution in [3.8, 4) is 0 Å². The van der Waals surface area contributed by atoms with Crippen LogP contribution in [0.3, 0.4) is 0 Å². The second kappa shape index (κ2) is 7.29. The molecule has 2 rings (SSSR count). The van der Waals surface area contributed by atoms with Crippen molar-refractivity contribution in [1.29, 1.82) is 0 Å². The molecule has 1 fully saturated rings. The molecule has 1 unspecified atom stereocenters. The Bertz CT molecular complexity index is 411. The van der Waals surface area contributed by atoms with Crippen LogP contribution in [0, 0.1) is 5.92 Å². The van der Waals surface area contributed by atoms with Crippen molar-refractivity contribution < 1.29 is 4.79 Å². The monoisotopic (exact) mass is 260 g/mol. The molecule has 1 atom stereocenters. The molecule has 104 valence electrons. The third-order valence-electron chi connectivity index (χ3n) is 3.75. The predicted octanol–water partition coefficient (Wildman–Crippen LogP) is 2.97. The number of benzene rings is 1. The summed E-state index contributed by atoms with van der Waals surface area (Å²) in [5, 5.41) is 6.40. The van der Waals surface area contributed by atoms with Gasteiger partial charge in [-0.3, -0.25) is 4.79 Å². The molecule has 1 aliphatic rings. The van der Waals surface area contributed by atoms with E-state index in [1.807, 2.05) is 18.2 Å².